The fourth-order valence-corrected chi connectivity index (χ4v) is 5.35. The highest BCUT2D eigenvalue weighted by Gasteiger charge is 2.45. The van der Waals surface area contributed by atoms with E-state index in [1.54, 1.807) is 24.3 Å². The maximum absolute atomic E-state index is 13.6. The molecule has 34 heavy (non-hydrogen) atoms. The van der Waals surface area contributed by atoms with Crippen molar-refractivity contribution in [3.8, 4) is 11.5 Å². The van der Waals surface area contributed by atoms with Crippen molar-refractivity contribution in [1.29, 1.82) is 0 Å². The molecular formula is C24H20ClN3O5S. The Balaban J connectivity index is 1.76. The van der Waals surface area contributed by atoms with Crippen LogP contribution in [0.3, 0.4) is 0 Å². The van der Waals surface area contributed by atoms with Gasteiger partial charge in [0.25, 0.3) is 5.91 Å². The lowest BCUT2D eigenvalue weighted by Crippen LogP contribution is -2.29. The molecule has 1 aliphatic heterocycles. The van der Waals surface area contributed by atoms with E-state index >= 15 is 0 Å². The summed E-state index contributed by atoms with van der Waals surface area (Å²) in [6.45, 7) is 4.14. The first-order chi connectivity index (χ1) is 16.3. The van der Waals surface area contributed by atoms with E-state index in [1.165, 1.54) is 35.5 Å². The summed E-state index contributed by atoms with van der Waals surface area (Å²) in [5, 5.41) is 20.4. The molecule has 1 unspecified atom stereocenters. The summed E-state index contributed by atoms with van der Waals surface area (Å²) in [4.78, 5) is 28.7. The van der Waals surface area contributed by atoms with Gasteiger partial charge >= 0.3 is 0 Å². The molecule has 0 saturated heterocycles. The van der Waals surface area contributed by atoms with Crippen molar-refractivity contribution >= 4 is 44.9 Å². The Labute approximate surface area is 203 Å². The van der Waals surface area contributed by atoms with Crippen molar-refractivity contribution in [3.05, 3.63) is 73.5 Å². The molecule has 4 aromatic rings. The van der Waals surface area contributed by atoms with Crippen molar-refractivity contribution < 1.29 is 19.1 Å². The van der Waals surface area contributed by atoms with Gasteiger partial charge in [-0.25, -0.2) is 0 Å². The monoisotopic (exact) mass is 497 g/mol. The van der Waals surface area contributed by atoms with Gasteiger partial charge in [-0.15, -0.1) is 10.2 Å². The molecule has 5 rings (SSSR count). The summed E-state index contributed by atoms with van der Waals surface area (Å²) >= 11 is 7.42. The molecular weight excluding hydrogens is 478 g/mol. The first kappa shape index (κ1) is 22.4. The van der Waals surface area contributed by atoms with Gasteiger partial charge in [0.2, 0.25) is 10.9 Å². The highest BCUT2D eigenvalue weighted by Crippen LogP contribution is 2.44. The van der Waals surface area contributed by atoms with Crippen molar-refractivity contribution in [2.75, 3.05) is 12.0 Å². The van der Waals surface area contributed by atoms with E-state index in [4.69, 9.17) is 20.8 Å². The largest absolute Gasteiger partial charge is 0.504 e. The zero-order valence-electron chi connectivity index (χ0n) is 18.5. The second kappa shape index (κ2) is 8.41. The number of halogens is 1. The number of hydrogen-bond acceptors (Lipinski definition) is 8. The Bertz CT molecular complexity index is 1500. The topological polar surface area (TPSA) is 106 Å². The number of aromatic hydroxyl groups is 1. The number of ether oxygens (including phenoxy) is 1. The fraction of sp³-hybridized carbons (Fsp3) is 0.250. The maximum atomic E-state index is 13.6. The van der Waals surface area contributed by atoms with Crippen LogP contribution in [0.2, 0.25) is 5.02 Å². The molecule has 0 radical (unpaired) electrons. The Kier molecular flexibility index (Phi) is 5.53. The number of carbonyl (C=O) groups excluding carboxylic acids is 1. The standard InChI is InChI=1S/C24H20ClN3O5S/c1-11(2)8-18-26-27-24(34-18)28-20(12-4-6-15(29)17(9-12)32-3)19-21(30)14-10-13(25)5-7-16(14)33-22(19)23(28)31/h4-7,9-11,20,29H,8H2,1-3H3. The van der Waals surface area contributed by atoms with Crippen LogP contribution >= 0.6 is 22.9 Å². The number of phenolic OH excluding ortho intramolecular Hbond substituents is 1. The van der Waals surface area contributed by atoms with Crippen LogP contribution in [-0.4, -0.2) is 28.3 Å². The van der Waals surface area contributed by atoms with Crippen molar-refractivity contribution in [2.24, 2.45) is 5.92 Å². The molecule has 1 amide bonds. The van der Waals surface area contributed by atoms with Crippen LogP contribution in [0.1, 0.15) is 46.6 Å². The van der Waals surface area contributed by atoms with Crippen LogP contribution in [-0.2, 0) is 6.42 Å². The second-order valence-electron chi connectivity index (χ2n) is 8.40. The minimum absolute atomic E-state index is 0.0579. The number of rotatable bonds is 5. The van der Waals surface area contributed by atoms with Crippen LogP contribution in [0.4, 0.5) is 5.13 Å². The molecule has 0 bridgehead atoms. The lowest BCUT2D eigenvalue weighted by molar-refractivity contribution is 0.0970. The third kappa shape index (κ3) is 3.61. The molecule has 2 aromatic heterocycles. The van der Waals surface area contributed by atoms with Crippen LogP contribution in [0.15, 0.2) is 45.6 Å². The van der Waals surface area contributed by atoms with Gasteiger partial charge in [0.05, 0.1) is 24.1 Å². The van der Waals surface area contributed by atoms with E-state index in [1.807, 2.05) is 0 Å². The molecule has 0 saturated carbocycles. The molecule has 10 heteroatoms. The van der Waals surface area contributed by atoms with Gasteiger partial charge in [-0.2, -0.15) is 0 Å². The Morgan fingerprint density at radius 1 is 1.21 bits per heavy atom. The van der Waals surface area contributed by atoms with Crippen LogP contribution in [0.25, 0.3) is 11.0 Å². The minimum atomic E-state index is -0.850. The summed E-state index contributed by atoms with van der Waals surface area (Å²) in [6, 6.07) is 8.52. The van der Waals surface area contributed by atoms with E-state index < -0.39 is 11.9 Å². The van der Waals surface area contributed by atoms with Crippen molar-refractivity contribution in [3.63, 3.8) is 0 Å². The first-order valence-corrected chi connectivity index (χ1v) is 11.8. The van der Waals surface area contributed by atoms with E-state index in [0.717, 1.165) is 5.01 Å². The zero-order valence-corrected chi connectivity index (χ0v) is 20.1. The number of nitrogens with zero attached hydrogens (tertiary/aromatic N) is 3. The molecule has 3 heterocycles. The summed E-state index contributed by atoms with van der Waals surface area (Å²) in [5.41, 5.74) is 0.630. The number of methoxy groups -OCH3 is 1. The molecule has 0 spiro atoms. The van der Waals surface area contributed by atoms with Gasteiger partial charge in [-0.05, 0) is 41.8 Å². The SMILES string of the molecule is COc1cc(C2c3c(oc4ccc(Cl)cc4c3=O)C(=O)N2c2nnc(CC(C)C)s2)ccc1O. The third-order valence-electron chi connectivity index (χ3n) is 5.60. The number of carbonyl (C=O) groups is 1. The summed E-state index contributed by atoms with van der Waals surface area (Å²) < 4.78 is 11.2. The number of anilines is 1. The molecule has 8 nitrogen and oxygen atoms in total. The number of phenols is 1. The van der Waals surface area contributed by atoms with E-state index in [-0.39, 0.29) is 39.2 Å². The molecule has 1 N–H and O–H groups in total. The summed E-state index contributed by atoms with van der Waals surface area (Å²) in [6.07, 6.45) is 0.712. The minimum Gasteiger partial charge on any atom is -0.504 e. The second-order valence-corrected chi connectivity index (χ2v) is 9.88. The Morgan fingerprint density at radius 3 is 2.74 bits per heavy atom. The summed E-state index contributed by atoms with van der Waals surface area (Å²) in [5.74, 6) is -0.0346. The Hall–Kier alpha value is -3.43. The van der Waals surface area contributed by atoms with Crippen LogP contribution in [0, 0.1) is 5.92 Å². The van der Waals surface area contributed by atoms with E-state index in [0.29, 0.717) is 28.1 Å². The number of aromatic nitrogens is 2. The number of amides is 1. The number of benzene rings is 2. The fourth-order valence-electron chi connectivity index (χ4n) is 4.10. The molecule has 1 aliphatic rings. The predicted molar refractivity (Wildman–Crippen MR) is 129 cm³/mol. The first-order valence-electron chi connectivity index (χ1n) is 10.6. The van der Waals surface area contributed by atoms with Crippen molar-refractivity contribution in [1.82, 2.24) is 10.2 Å². The van der Waals surface area contributed by atoms with Gasteiger partial charge in [0, 0.05) is 11.4 Å². The molecule has 0 fully saturated rings. The normalized spacial score (nSPS) is 15.4. The summed E-state index contributed by atoms with van der Waals surface area (Å²) in [7, 11) is 1.43. The van der Waals surface area contributed by atoms with Crippen LogP contribution in [0.5, 0.6) is 11.5 Å². The zero-order chi connectivity index (χ0) is 24.1. The smallest absolute Gasteiger partial charge is 0.297 e. The average molecular weight is 498 g/mol. The van der Waals surface area contributed by atoms with E-state index in [9.17, 15) is 14.7 Å². The number of hydrogen-bond donors (Lipinski definition) is 1. The lowest BCUT2D eigenvalue weighted by Gasteiger charge is -2.22. The number of fused-ring (bicyclic) bond motifs is 2. The quantitative estimate of drug-likeness (QED) is 0.415. The van der Waals surface area contributed by atoms with Gasteiger partial charge < -0.3 is 14.3 Å². The Morgan fingerprint density at radius 2 is 2.00 bits per heavy atom. The molecule has 0 aliphatic carbocycles. The van der Waals surface area contributed by atoms with Gasteiger partial charge in [0.15, 0.2) is 16.9 Å². The van der Waals surface area contributed by atoms with Gasteiger partial charge in [-0.3, -0.25) is 14.5 Å². The van der Waals surface area contributed by atoms with Gasteiger partial charge in [0.1, 0.15) is 10.6 Å². The average Bonchev–Trinajstić information content (AvgIpc) is 3.36. The molecule has 1 atom stereocenters. The van der Waals surface area contributed by atoms with E-state index in [2.05, 4.69) is 24.0 Å². The predicted octanol–water partition coefficient (Wildman–Crippen LogP) is 4.96. The highest BCUT2D eigenvalue weighted by molar-refractivity contribution is 7.15. The van der Waals surface area contributed by atoms with Gasteiger partial charge in [-0.1, -0.05) is 42.9 Å². The molecule has 174 valence electrons. The van der Waals surface area contributed by atoms with Crippen LogP contribution < -0.4 is 15.1 Å². The molecule has 2 aromatic carbocycles. The highest BCUT2D eigenvalue weighted by atomic mass is 35.5. The van der Waals surface area contributed by atoms with Crippen molar-refractivity contribution in [2.45, 2.75) is 26.3 Å². The third-order valence-corrected chi connectivity index (χ3v) is 6.78. The lowest BCUT2D eigenvalue weighted by atomic mass is 9.98. The maximum Gasteiger partial charge on any atom is 0.297 e.